The molecule has 4 nitrogen and oxygen atoms in total. The molecule has 0 fully saturated rings. The van der Waals surface area contributed by atoms with Crippen molar-refractivity contribution in [3.05, 3.63) is 84.2 Å². The standard InChI is InChI=1S/C17H15N3.C7H8O/c1-18-16-12-8-4-6-10-14(12)20(2)17-15(16)11-7-3-5-9-13(11)19-17;1-8-7-5-3-2-4-6-7/h3-10,19H,1-2H3;2-6H,1H3. The second-order valence-corrected chi connectivity index (χ2v) is 6.56. The third-order valence-electron chi connectivity index (χ3n) is 4.98. The highest BCUT2D eigenvalue weighted by Gasteiger charge is 2.11. The number of ether oxygens (including phenoxy) is 1. The van der Waals surface area contributed by atoms with Crippen LogP contribution in [0.3, 0.4) is 0 Å². The zero-order chi connectivity index (χ0) is 19.5. The fraction of sp³-hybridized carbons (Fsp3) is 0.125. The van der Waals surface area contributed by atoms with Crippen LogP contribution in [0.5, 0.6) is 5.75 Å². The first-order valence-electron chi connectivity index (χ1n) is 9.24. The number of methoxy groups -OCH3 is 1. The Morgan fingerprint density at radius 1 is 0.821 bits per heavy atom. The lowest BCUT2D eigenvalue weighted by atomic mass is 10.1. The van der Waals surface area contributed by atoms with Crippen LogP contribution in [-0.2, 0) is 7.05 Å². The number of rotatable bonds is 1. The van der Waals surface area contributed by atoms with Gasteiger partial charge in [0.05, 0.1) is 23.4 Å². The number of nitrogens with one attached hydrogen (secondary N) is 1. The van der Waals surface area contributed by atoms with E-state index in [4.69, 9.17) is 4.74 Å². The molecule has 5 rings (SSSR count). The first-order chi connectivity index (χ1) is 13.7. The summed E-state index contributed by atoms with van der Waals surface area (Å²) in [6, 6.07) is 26.5. The molecule has 1 N–H and O–H groups in total. The van der Waals surface area contributed by atoms with E-state index in [1.165, 1.54) is 21.7 Å². The summed E-state index contributed by atoms with van der Waals surface area (Å²) in [6.45, 7) is 0. The smallest absolute Gasteiger partial charge is 0.120 e. The number of pyridine rings is 1. The minimum atomic E-state index is 0.910. The van der Waals surface area contributed by atoms with Crippen LogP contribution in [0.2, 0.25) is 0 Å². The molecule has 0 radical (unpaired) electrons. The van der Waals surface area contributed by atoms with Crippen molar-refractivity contribution >= 4 is 32.8 Å². The number of aromatic amines is 1. The van der Waals surface area contributed by atoms with Crippen molar-refractivity contribution in [1.29, 1.82) is 0 Å². The van der Waals surface area contributed by atoms with Crippen molar-refractivity contribution in [2.24, 2.45) is 12.0 Å². The van der Waals surface area contributed by atoms with E-state index < -0.39 is 0 Å². The first kappa shape index (κ1) is 17.9. The maximum atomic E-state index is 4.91. The van der Waals surface area contributed by atoms with E-state index in [0.717, 1.165) is 22.3 Å². The van der Waals surface area contributed by atoms with E-state index in [1.54, 1.807) is 7.11 Å². The number of hydrogen-bond acceptors (Lipinski definition) is 2. The molecule has 0 spiro atoms. The highest BCUT2D eigenvalue weighted by molar-refractivity contribution is 6.09. The molecule has 3 aromatic carbocycles. The van der Waals surface area contributed by atoms with Gasteiger partial charge in [-0.2, -0.15) is 0 Å². The van der Waals surface area contributed by atoms with Crippen molar-refractivity contribution in [2.75, 3.05) is 14.2 Å². The molecule has 0 aliphatic carbocycles. The van der Waals surface area contributed by atoms with Gasteiger partial charge in [-0.25, -0.2) is 0 Å². The topological polar surface area (TPSA) is 42.3 Å². The molecule has 0 unspecified atom stereocenters. The van der Waals surface area contributed by atoms with E-state index in [-0.39, 0.29) is 0 Å². The summed E-state index contributed by atoms with van der Waals surface area (Å²) in [5.74, 6) is 0.910. The third-order valence-corrected chi connectivity index (χ3v) is 4.98. The van der Waals surface area contributed by atoms with Gasteiger partial charge < -0.3 is 14.3 Å². The molecule has 0 aliphatic rings. The number of hydrogen-bond donors (Lipinski definition) is 1. The van der Waals surface area contributed by atoms with Crippen LogP contribution in [0.1, 0.15) is 0 Å². The normalized spacial score (nSPS) is 11.6. The Labute approximate surface area is 163 Å². The van der Waals surface area contributed by atoms with Crippen molar-refractivity contribution in [2.45, 2.75) is 0 Å². The van der Waals surface area contributed by atoms with E-state index in [1.807, 2.05) is 37.4 Å². The summed E-state index contributed by atoms with van der Waals surface area (Å²) < 4.78 is 7.12. The Bertz CT molecular complexity index is 1310. The second kappa shape index (κ2) is 7.61. The van der Waals surface area contributed by atoms with Crippen LogP contribution >= 0.6 is 0 Å². The van der Waals surface area contributed by atoms with Gasteiger partial charge >= 0.3 is 0 Å². The van der Waals surface area contributed by atoms with E-state index in [2.05, 4.69) is 70.1 Å². The molecule has 2 aromatic heterocycles. The summed E-state index contributed by atoms with van der Waals surface area (Å²) in [7, 11) is 5.62. The fourth-order valence-electron chi connectivity index (χ4n) is 3.63. The summed E-state index contributed by atoms with van der Waals surface area (Å²) in [6.07, 6.45) is 0. The number of fused-ring (bicyclic) bond motifs is 4. The average molecular weight is 369 g/mol. The van der Waals surface area contributed by atoms with E-state index >= 15 is 0 Å². The van der Waals surface area contributed by atoms with Crippen LogP contribution in [0.15, 0.2) is 83.9 Å². The average Bonchev–Trinajstić information content (AvgIpc) is 3.15. The summed E-state index contributed by atoms with van der Waals surface area (Å²) in [5.41, 5.74) is 3.45. The number of benzene rings is 3. The molecule has 4 heteroatoms. The van der Waals surface area contributed by atoms with Gasteiger partial charge in [0.15, 0.2) is 0 Å². The van der Waals surface area contributed by atoms with Crippen LogP contribution in [0, 0.1) is 0 Å². The van der Waals surface area contributed by atoms with Crippen LogP contribution < -0.4 is 10.1 Å². The van der Waals surface area contributed by atoms with Crippen molar-refractivity contribution in [1.82, 2.24) is 9.55 Å². The number of para-hydroxylation sites is 3. The van der Waals surface area contributed by atoms with Gasteiger partial charge in [-0.15, -0.1) is 0 Å². The molecule has 2 heterocycles. The Morgan fingerprint density at radius 3 is 2.14 bits per heavy atom. The lowest BCUT2D eigenvalue weighted by Crippen LogP contribution is -2.09. The van der Waals surface area contributed by atoms with Gasteiger partial charge in [-0.1, -0.05) is 54.6 Å². The maximum absolute atomic E-state index is 4.91. The molecule has 5 aromatic rings. The van der Waals surface area contributed by atoms with Crippen molar-refractivity contribution in [3.63, 3.8) is 0 Å². The molecule has 0 saturated heterocycles. The molecule has 0 aliphatic heterocycles. The predicted octanol–water partition coefficient (Wildman–Crippen LogP) is 5.04. The third kappa shape index (κ3) is 3.03. The van der Waals surface area contributed by atoms with Crippen LogP contribution in [0.25, 0.3) is 32.8 Å². The van der Waals surface area contributed by atoms with Crippen molar-refractivity contribution < 1.29 is 4.74 Å². The quantitative estimate of drug-likeness (QED) is 0.442. The number of aromatic nitrogens is 2. The summed E-state index contributed by atoms with van der Waals surface area (Å²) in [4.78, 5) is 8.07. The van der Waals surface area contributed by atoms with Gasteiger partial charge in [0, 0.05) is 30.4 Å². The van der Waals surface area contributed by atoms with Crippen molar-refractivity contribution in [3.8, 4) is 5.75 Å². The van der Waals surface area contributed by atoms with Gasteiger partial charge in [0.1, 0.15) is 11.4 Å². The lowest BCUT2D eigenvalue weighted by molar-refractivity contribution is 0.415. The van der Waals surface area contributed by atoms with Gasteiger partial charge in [0.25, 0.3) is 0 Å². The molecule has 0 saturated carbocycles. The Kier molecular flexibility index (Phi) is 4.85. The fourth-order valence-corrected chi connectivity index (χ4v) is 3.63. The SMILES string of the molecule is CN=c1c2ccccc2n(C)c2[nH]c3ccccc3c12.COc1ccccc1. The molecular weight excluding hydrogens is 346 g/mol. The number of aryl methyl sites for hydroxylation is 1. The Morgan fingerprint density at radius 2 is 1.46 bits per heavy atom. The Balaban J connectivity index is 0.000000203. The zero-order valence-electron chi connectivity index (χ0n) is 16.3. The van der Waals surface area contributed by atoms with Gasteiger partial charge in [0.2, 0.25) is 0 Å². The highest BCUT2D eigenvalue weighted by Crippen LogP contribution is 2.25. The molecule has 0 atom stereocenters. The maximum Gasteiger partial charge on any atom is 0.120 e. The van der Waals surface area contributed by atoms with E-state index in [0.29, 0.717) is 0 Å². The molecule has 140 valence electrons. The number of H-pyrrole nitrogens is 1. The first-order valence-corrected chi connectivity index (χ1v) is 9.24. The van der Waals surface area contributed by atoms with Gasteiger partial charge in [-0.3, -0.25) is 4.99 Å². The zero-order valence-corrected chi connectivity index (χ0v) is 16.3. The Hall–Kier alpha value is -3.53. The second-order valence-electron chi connectivity index (χ2n) is 6.56. The monoisotopic (exact) mass is 369 g/mol. The van der Waals surface area contributed by atoms with Crippen LogP contribution in [0.4, 0.5) is 0 Å². The molecule has 28 heavy (non-hydrogen) atoms. The van der Waals surface area contributed by atoms with Crippen LogP contribution in [-0.4, -0.2) is 23.7 Å². The highest BCUT2D eigenvalue weighted by atomic mass is 16.5. The van der Waals surface area contributed by atoms with Gasteiger partial charge in [-0.05, 0) is 24.3 Å². The molecule has 0 bridgehead atoms. The number of nitrogens with zero attached hydrogens (tertiary/aromatic N) is 2. The summed E-state index contributed by atoms with van der Waals surface area (Å²) in [5, 5.41) is 4.68. The largest absolute Gasteiger partial charge is 0.497 e. The minimum Gasteiger partial charge on any atom is -0.497 e. The molecule has 0 amide bonds. The lowest BCUT2D eigenvalue weighted by Gasteiger charge is -2.08. The minimum absolute atomic E-state index is 0.910. The predicted molar refractivity (Wildman–Crippen MR) is 117 cm³/mol. The molecular formula is C24H23N3O. The van der Waals surface area contributed by atoms with E-state index in [9.17, 15) is 0 Å². The summed E-state index contributed by atoms with van der Waals surface area (Å²) >= 11 is 0.